The van der Waals surface area contributed by atoms with Crippen molar-refractivity contribution in [1.29, 1.82) is 0 Å². The number of nitrogens with one attached hydrogen (secondary N) is 1. The molecule has 2 rings (SSSR count). The Hall–Kier alpha value is -0.760. The van der Waals surface area contributed by atoms with E-state index in [1.54, 1.807) is 11.3 Å². The first-order chi connectivity index (χ1) is 10.4. The van der Waals surface area contributed by atoms with Crippen LogP contribution in [0, 0.1) is 11.7 Å². The smallest absolute Gasteiger partial charge is 0.227 e. The number of carbonyl (C=O) groups excluding carboxylic acids is 1. The first-order valence-corrected chi connectivity index (χ1v) is 9.09. The fourth-order valence-corrected chi connectivity index (χ4v) is 3.81. The van der Waals surface area contributed by atoms with Crippen LogP contribution in [-0.4, -0.2) is 5.91 Å². The maximum absolute atomic E-state index is 13.2. The molecule has 7 heteroatoms. The minimum absolute atomic E-state index is 0.135. The van der Waals surface area contributed by atoms with Crippen molar-refractivity contribution in [3.05, 3.63) is 49.3 Å². The van der Waals surface area contributed by atoms with Crippen LogP contribution in [0.25, 0.3) is 0 Å². The minimum Gasteiger partial charge on any atom is -0.326 e. The molecule has 0 spiro atoms. The van der Waals surface area contributed by atoms with E-state index in [0.29, 0.717) is 16.6 Å². The largest absolute Gasteiger partial charge is 0.326 e. The van der Waals surface area contributed by atoms with Crippen LogP contribution in [0.1, 0.15) is 24.3 Å². The van der Waals surface area contributed by atoms with Gasteiger partial charge in [-0.1, -0.05) is 6.92 Å². The summed E-state index contributed by atoms with van der Waals surface area (Å²) in [5, 5.41) is 4.74. The van der Waals surface area contributed by atoms with Gasteiger partial charge >= 0.3 is 0 Å². The van der Waals surface area contributed by atoms with E-state index < -0.39 is 0 Å². The van der Waals surface area contributed by atoms with E-state index in [9.17, 15) is 9.18 Å². The monoisotopic (exact) mass is 448 g/mol. The average molecular weight is 450 g/mol. The number of benzene rings is 1. The lowest BCUT2D eigenvalue weighted by molar-refractivity contribution is -0.119. The van der Waals surface area contributed by atoms with E-state index in [-0.39, 0.29) is 23.7 Å². The van der Waals surface area contributed by atoms with Crippen LogP contribution in [0.2, 0.25) is 0 Å². The van der Waals surface area contributed by atoms with Gasteiger partial charge in [-0.25, -0.2) is 4.39 Å². The second-order valence-corrected chi connectivity index (χ2v) is 7.74. The highest BCUT2D eigenvalue weighted by atomic mass is 79.9. The second-order valence-electron chi connectivity index (χ2n) is 5.03. The fourth-order valence-electron chi connectivity index (χ4n) is 1.97. The molecule has 3 N–H and O–H groups in total. The van der Waals surface area contributed by atoms with E-state index in [1.165, 1.54) is 18.2 Å². The average Bonchev–Trinajstić information content (AvgIpc) is 2.89. The number of nitrogens with two attached hydrogens (primary N) is 1. The molecular formula is C15H15Br2FN2OS. The van der Waals surface area contributed by atoms with Crippen LogP contribution in [-0.2, 0) is 4.79 Å². The maximum atomic E-state index is 13.2. The van der Waals surface area contributed by atoms with Crippen molar-refractivity contribution in [2.24, 2.45) is 11.7 Å². The minimum atomic E-state index is -0.364. The molecule has 0 radical (unpaired) electrons. The van der Waals surface area contributed by atoms with Crippen molar-refractivity contribution in [3.8, 4) is 0 Å². The zero-order valence-corrected chi connectivity index (χ0v) is 15.8. The number of hydrogen-bond donors (Lipinski definition) is 2. The second kappa shape index (κ2) is 7.68. The molecule has 118 valence electrons. The summed E-state index contributed by atoms with van der Waals surface area (Å²) in [6, 6.07) is 6.16. The van der Waals surface area contributed by atoms with Crippen LogP contribution in [0.15, 0.2) is 38.6 Å². The van der Waals surface area contributed by atoms with Crippen molar-refractivity contribution in [2.45, 2.75) is 19.4 Å². The first kappa shape index (κ1) is 17.6. The Labute approximate surface area is 149 Å². The summed E-state index contributed by atoms with van der Waals surface area (Å²) in [4.78, 5) is 13.2. The summed E-state index contributed by atoms with van der Waals surface area (Å²) in [6.07, 6.45) is 0.543. The SMILES string of the molecule is CC(CC(N)c1cc(Br)cs1)C(=O)Nc1ccc(F)c(Br)c1. The molecule has 0 aliphatic carbocycles. The van der Waals surface area contributed by atoms with Crippen molar-refractivity contribution in [2.75, 3.05) is 5.32 Å². The summed E-state index contributed by atoms with van der Waals surface area (Å²) in [7, 11) is 0. The lowest BCUT2D eigenvalue weighted by Gasteiger charge is -2.16. The molecular weight excluding hydrogens is 435 g/mol. The lowest BCUT2D eigenvalue weighted by atomic mass is 10.0. The van der Waals surface area contributed by atoms with Gasteiger partial charge in [0, 0.05) is 32.4 Å². The molecule has 1 heterocycles. The van der Waals surface area contributed by atoms with Crippen LogP contribution in [0.4, 0.5) is 10.1 Å². The number of halogens is 3. The third kappa shape index (κ3) is 4.62. The molecule has 2 unspecified atom stereocenters. The van der Waals surface area contributed by atoms with Gasteiger partial charge in [0.25, 0.3) is 0 Å². The predicted molar refractivity (Wildman–Crippen MR) is 95.5 cm³/mol. The Kier molecular flexibility index (Phi) is 6.14. The van der Waals surface area contributed by atoms with Gasteiger partial charge in [-0.15, -0.1) is 11.3 Å². The summed E-state index contributed by atoms with van der Waals surface area (Å²) in [6.45, 7) is 1.83. The Balaban J connectivity index is 1.95. The van der Waals surface area contributed by atoms with Gasteiger partial charge in [0.15, 0.2) is 0 Å². The molecule has 0 aliphatic rings. The maximum Gasteiger partial charge on any atom is 0.227 e. The molecule has 0 saturated heterocycles. The van der Waals surface area contributed by atoms with Crippen molar-refractivity contribution in [3.63, 3.8) is 0 Å². The molecule has 0 bridgehead atoms. The van der Waals surface area contributed by atoms with Gasteiger partial charge in [-0.05, 0) is 62.5 Å². The van der Waals surface area contributed by atoms with Gasteiger partial charge in [0.2, 0.25) is 5.91 Å². The van der Waals surface area contributed by atoms with Gasteiger partial charge in [-0.2, -0.15) is 0 Å². The number of carbonyl (C=O) groups is 1. The lowest BCUT2D eigenvalue weighted by Crippen LogP contribution is -2.24. The number of anilines is 1. The number of thiophene rings is 1. The Bertz CT molecular complexity index is 677. The zero-order chi connectivity index (χ0) is 16.3. The van der Waals surface area contributed by atoms with E-state index in [2.05, 4.69) is 37.2 Å². The van der Waals surface area contributed by atoms with Crippen LogP contribution >= 0.6 is 43.2 Å². The van der Waals surface area contributed by atoms with Gasteiger partial charge in [0.1, 0.15) is 5.82 Å². The topological polar surface area (TPSA) is 55.1 Å². The summed E-state index contributed by atoms with van der Waals surface area (Å²) >= 11 is 8.06. The number of amides is 1. The Morgan fingerprint density at radius 3 is 2.73 bits per heavy atom. The van der Waals surface area contributed by atoms with Gasteiger partial charge in [-0.3, -0.25) is 4.79 Å². The predicted octanol–water partition coefficient (Wildman–Crippen LogP) is 5.08. The molecule has 1 aromatic carbocycles. The summed E-state index contributed by atoms with van der Waals surface area (Å²) < 4.78 is 14.5. The van der Waals surface area contributed by atoms with E-state index in [1.807, 2.05) is 18.4 Å². The quantitative estimate of drug-likeness (QED) is 0.668. The Morgan fingerprint density at radius 1 is 1.41 bits per heavy atom. The highest BCUT2D eigenvalue weighted by molar-refractivity contribution is 9.10. The van der Waals surface area contributed by atoms with Gasteiger partial charge in [0.05, 0.1) is 4.47 Å². The van der Waals surface area contributed by atoms with Crippen LogP contribution < -0.4 is 11.1 Å². The fraction of sp³-hybridized carbons (Fsp3) is 0.267. The summed E-state index contributed by atoms with van der Waals surface area (Å²) in [5.74, 6) is -0.749. The molecule has 1 amide bonds. The number of rotatable bonds is 5. The molecule has 2 atom stereocenters. The van der Waals surface area contributed by atoms with Crippen molar-refractivity contribution < 1.29 is 9.18 Å². The molecule has 0 aliphatic heterocycles. The molecule has 22 heavy (non-hydrogen) atoms. The molecule has 2 aromatic rings. The normalized spacial score (nSPS) is 13.7. The first-order valence-electron chi connectivity index (χ1n) is 6.62. The highest BCUT2D eigenvalue weighted by Crippen LogP contribution is 2.28. The number of hydrogen-bond acceptors (Lipinski definition) is 3. The van der Waals surface area contributed by atoms with E-state index in [4.69, 9.17) is 5.73 Å². The molecule has 0 saturated carbocycles. The molecule has 3 nitrogen and oxygen atoms in total. The van der Waals surface area contributed by atoms with E-state index >= 15 is 0 Å². The zero-order valence-electron chi connectivity index (χ0n) is 11.8. The third-order valence-electron chi connectivity index (χ3n) is 3.20. The van der Waals surface area contributed by atoms with Gasteiger partial charge < -0.3 is 11.1 Å². The van der Waals surface area contributed by atoms with Crippen molar-refractivity contribution in [1.82, 2.24) is 0 Å². The van der Waals surface area contributed by atoms with Crippen molar-refractivity contribution >= 4 is 54.8 Å². The summed E-state index contributed by atoms with van der Waals surface area (Å²) in [5.41, 5.74) is 6.69. The molecule has 0 fully saturated rings. The third-order valence-corrected chi connectivity index (χ3v) is 5.63. The Morgan fingerprint density at radius 2 is 2.14 bits per heavy atom. The van der Waals surface area contributed by atoms with E-state index in [0.717, 1.165) is 9.35 Å². The molecule has 1 aromatic heterocycles. The van der Waals surface area contributed by atoms with Crippen LogP contribution in [0.3, 0.4) is 0 Å². The van der Waals surface area contributed by atoms with Crippen LogP contribution in [0.5, 0.6) is 0 Å². The standard InChI is InChI=1S/C15H15Br2FN2OS/c1-8(4-13(19)14-5-9(16)7-22-14)15(21)20-10-2-3-12(18)11(17)6-10/h2-3,5-8,13H,4,19H2,1H3,(H,20,21). The highest BCUT2D eigenvalue weighted by Gasteiger charge is 2.19.